The predicted molar refractivity (Wildman–Crippen MR) is 71.0 cm³/mol. The van der Waals surface area contributed by atoms with Crippen LogP contribution >= 0.6 is 0 Å². The summed E-state index contributed by atoms with van der Waals surface area (Å²) >= 11 is 0. The fraction of sp³-hybridized carbons (Fsp3) is 0.846. The molecule has 19 heavy (non-hydrogen) atoms. The van der Waals surface area contributed by atoms with Gasteiger partial charge < -0.3 is 19.6 Å². The van der Waals surface area contributed by atoms with Gasteiger partial charge in [-0.3, -0.25) is 0 Å². The number of hydrogen-bond acceptors (Lipinski definition) is 3. The Morgan fingerprint density at radius 1 is 1.47 bits per heavy atom. The summed E-state index contributed by atoms with van der Waals surface area (Å²) in [5.41, 5.74) is 0. The van der Waals surface area contributed by atoms with Crippen LogP contribution in [0, 0.1) is 5.92 Å². The van der Waals surface area contributed by atoms with Crippen LogP contribution in [0.15, 0.2) is 0 Å². The highest BCUT2D eigenvalue weighted by Crippen LogP contribution is 2.22. The zero-order valence-electron chi connectivity index (χ0n) is 12.1. The van der Waals surface area contributed by atoms with Crippen molar-refractivity contribution >= 4 is 12.0 Å². The molecular weight excluding hydrogens is 248 g/mol. The maximum atomic E-state index is 12.4. The van der Waals surface area contributed by atoms with Gasteiger partial charge >= 0.3 is 12.0 Å². The van der Waals surface area contributed by atoms with Crippen molar-refractivity contribution in [3.63, 3.8) is 0 Å². The molecule has 1 aliphatic heterocycles. The van der Waals surface area contributed by atoms with E-state index in [0.29, 0.717) is 32.0 Å². The molecule has 0 aliphatic carbocycles. The SMILES string of the molecule is CCN(CC(C)C)C(=O)N1CC(OC)CC1C(=O)O. The Bertz CT molecular complexity index is 333. The lowest BCUT2D eigenvalue weighted by Gasteiger charge is -2.30. The van der Waals surface area contributed by atoms with E-state index < -0.39 is 12.0 Å². The molecule has 1 rings (SSSR count). The van der Waals surface area contributed by atoms with E-state index in [1.54, 1.807) is 12.0 Å². The third-order valence-corrected chi connectivity index (χ3v) is 3.36. The van der Waals surface area contributed by atoms with Crippen molar-refractivity contribution in [2.24, 2.45) is 5.92 Å². The first-order valence-corrected chi connectivity index (χ1v) is 6.71. The van der Waals surface area contributed by atoms with Crippen molar-refractivity contribution in [1.82, 2.24) is 9.80 Å². The van der Waals surface area contributed by atoms with Gasteiger partial charge in [-0.25, -0.2) is 9.59 Å². The summed E-state index contributed by atoms with van der Waals surface area (Å²) in [6, 6.07) is -0.984. The molecule has 2 amide bonds. The maximum Gasteiger partial charge on any atom is 0.326 e. The molecule has 1 aliphatic rings. The third-order valence-electron chi connectivity index (χ3n) is 3.36. The number of ether oxygens (including phenoxy) is 1. The van der Waals surface area contributed by atoms with E-state index in [2.05, 4.69) is 0 Å². The molecule has 0 aromatic rings. The molecule has 0 aromatic heterocycles. The monoisotopic (exact) mass is 272 g/mol. The standard InChI is InChI=1S/C13H24N2O4/c1-5-14(7-9(2)3)13(18)15-8-10(19-4)6-11(15)12(16)17/h9-11H,5-8H2,1-4H3,(H,16,17). The Balaban J connectivity index is 2.80. The summed E-state index contributed by atoms with van der Waals surface area (Å²) in [6.45, 7) is 7.53. The second-order valence-electron chi connectivity index (χ2n) is 5.31. The zero-order chi connectivity index (χ0) is 14.6. The number of nitrogens with zero attached hydrogens (tertiary/aromatic N) is 2. The Morgan fingerprint density at radius 2 is 2.11 bits per heavy atom. The number of carbonyl (C=O) groups is 2. The van der Waals surface area contributed by atoms with Crippen LogP contribution in [0.5, 0.6) is 0 Å². The maximum absolute atomic E-state index is 12.4. The van der Waals surface area contributed by atoms with Gasteiger partial charge in [0, 0.05) is 33.2 Å². The van der Waals surface area contributed by atoms with Gasteiger partial charge in [0.25, 0.3) is 0 Å². The highest BCUT2D eigenvalue weighted by molar-refractivity contribution is 5.83. The molecule has 0 saturated carbocycles. The number of urea groups is 1. The van der Waals surface area contributed by atoms with Gasteiger partial charge in [-0.2, -0.15) is 0 Å². The van der Waals surface area contributed by atoms with E-state index in [-0.39, 0.29) is 12.1 Å². The second kappa shape index (κ2) is 6.75. The zero-order valence-corrected chi connectivity index (χ0v) is 12.1. The smallest absolute Gasteiger partial charge is 0.326 e. The Morgan fingerprint density at radius 3 is 2.53 bits per heavy atom. The average molecular weight is 272 g/mol. The average Bonchev–Trinajstić information content (AvgIpc) is 2.79. The number of amides is 2. The number of carboxylic acids is 1. The van der Waals surface area contributed by atoms with Gasteiger partial charge in [-0.05, 0) is 12.8 Å². The van der Waals surface area contributed by atoms with Crippen LogP contribution in [-0.2, 0) is 9.53 Å². The molecule has 1 fully saturated rings. The Hall–Kier alpha value is -1.30. The molecule has 6 nitrogen and oxygen atoms in total. The summed E-state index contributed by atoms with van der Waals surface area (Å²) < 4.78 is 5.19. The molecule has 0 aromatic carbocycles. The second-order valence-corrected chi connectivity index (χ2v) is 5.31. The van der Waals surface area contributed by atoms with E-state index in [1.807, 2.05) is 20.8 Å². The number of hydrogen-bond donors (Lipinski definition) is 1. The molecular formula is C13H24N2O4. The largest absolute Gasteiger partial charge is 0.480 e. The van der Waals surface area contributed by atoms with Crippen LogP contribution in [0.1, 0.15) is 27.2 Å². The summed E-state index contributed by atoms with van der Waals surface area (Å²) in [5, 5.41) is 9.21. The first-order chi connectivity index (χ1) is 8.90. The van der Waals surface area contributed by atoms with Crippen molar-refractivity contribution in [2.75, 3.05) is 26.7 Å². The molecule has 2 atom stereocenters. The number of methoxy groups -OCH3 is 1. The van der Waals surface area contributed by atoms with E-state index in [0.717, 1.165) is 0 Å². The lowest BCUT2D eigenvalue weighted by Crippen LogP contribution is -2.49. The van der Waals surface area contributed by atoms with Crippen molar-refractivity contribution in [3.8, 4) is 0 Å². The van der Waals surface area contributed by atoms with Crippen LogP contribution in [-0.4, -0.2) is 65.8 Å². The molecule has 1 heterocycles. The van der Waals surface area contributed by atoms with E-state index >= 15 is 0 Å². The Labute approximate surface area is 114 Å². The minimum Gasteiger partial charge on any atom is -0.480 e. The number of carboxylic acid groups (broad SMARTS) is 1. The van der Waals surface area contributed by atoms with E-state index in [9.17, 15) is 14.7 Å². The summed E-state index contributed by atoms with van der Waals surface area (Å²) in [7, 11) is 1.54. The number of aliphatic carboxylic acids is 1. The molecule has 110 valence electrons. The van der Waals surface area contributed by atoms with Gasteiger partial charge in [0.1, 0.15) is 6.04 Å². The van der Waals surface area contributed by atoms with Crippen molar-refractivity contribution in [2.45, 2.75) is 39.3 Å². The lowest BCUT2D eigenvalue weighted by atomic mass is 10.2. The van der Waals surface area contributed by atoms with Gasteiger partial charge in [0.15, 0.2) is 0 Å². The van der Waals surface area contributed by atoms with Crippen molar-refractivity contribution in [3.05, 3.63) is 0 Å². The molecule has 2 unspecified atom stereocenters. The van der Waals surface area contributed by atoms with Gasteiger partial charge in [0.2, 0.25) is 0 Å². The lowest BCUT2D eigenvalue weighted by molar-refractivity contribution is -0.141. The van der Waals surface area contributed by atoms with Gasteiger partial charge in [0.05, 0.1) is 6.10 Å². The minimum atomic E-state index is -0.964. The van der Waals surface area contributed by atoms with Crippen LogP contribution in [0.25, 0.3) is 0 Å². The summed E-state index contributed by atoms with van der Waals surface area (Å²) in [5.74, 6) is -0.610. The first-order valence-electron chi connectivity index (χ1n) is 6.71. The topological polar surface area (TPSA) is 70.1 Å². The van der Waals surface area contributed by atoms with E-state index in [4.69, 9.17) is 4.74 Å². The number of carbonyl (C=O) groups excluding carboxylic acids is 1. The predicted octanol–water partition coefficient (Wildman–Crippen LogP) is 1.26. The first kappa shape index (κ1) is 15.8. The van der Waals surface area contributed by atoms with Crippen LogP contribution in [0.2, 0.25) is 0 Å². The summed E-state index contributed by atoms with van der Waals surface area (Å²) in [6.07, 6.45) is 0.166. The van der Waals surface area contributed by atoms with Crippen molar-refractivity contribution < 1.29 is 19.4 Å². The highest BCUT2D eigenvalue weighted by atomic mass is 16.5. The van der Waals surface area contributed by atoms with E-state index in [1.165, 1.54) is 4.90 Å². The van der Waals surface area contributed by atoms with Gasteiger partial charge in [-0.15, -0.1) is 0 Å². The van der Waals surface area contributed by atoms with Crippen LogP contribution in [0.4, 0.5) is 4.79 Å². The number of likely N-dealkylation sites (tertiary alicyclic amines) is 1. The number of rotatable bonds is 5. The normalized spacial score (nSPS) is 22.9. The quantitative estimate of drug-likeness (QED) is 0.818. The van der Waals surface area contributed by atoms with Gasteiger partial charge in [-0.1, -0.05) is 13.8 Å². The molecule has 1 N–H and O–H groups in total. The molecule has 0 bridgehead atoms. The van der Waals surface area contributed by atoms with Crippen LogP contribution < -0.4 is 0 Å². The Kier molecular flexibility index (Phi) is 5.60. The summed E-state index contributed by atoms with van der Waals surface area (Å²) in [4.78, 5) is 26.8. The molecule has 0 radical (unpaired) electrons. The molecule has 6 heteroatoms. The third kappa shape index (κ3) is 3.83. The highest BCUT2D eigenvalue weighted by Gasteiger charge is 2.41. The fourth-order valence-electron chi connectivity index (χ4n) is 2.38. The molecule has 1 saturated heterocycles. The fourth-order valence-corrected chi connectivity index (χ4v) is 2.38. The minimum absolute atomic E-state index is 0.192. The van der Waals surface area contributed by atoms with Crippen molar-refractivity contribution in [1.29, 1.82) is 0 Å². The van der Waals surface area contributed by atoms with Crippen LogP contribution in [0.3, 0.4) is 0 Å². The molecule has 0 spiro atoms.